The molecule has 0 amide bonds. The van der Waals surface area contributed by atoms with E-state index < -0.39 is 10.8 Å². The Hall–Kier alpha value is -7.22. The smallest absolute Gasteiger partial charge is 0.0714 e. The molecule has 9 aromatic rings. The Morgan fingerprint density at radius 1 is 0.306 bits per heavy atom. The minimum atomic E-state index is -0.584. The van der Waals surface area contributed by atoms with Gasteiger partial charge in [0.1, 0.15) is 0 Å². The van der Waals surface area contributed by atoms with Crippen LogP contribution in [0.15, 0.2) is 200 Å². The third kappa shape index (κ3) is 7.33. The normalized spacial score (nSPS) is 15.7. The van der Waals surface area contributed by atoms with Crippen LogP contribution in [-0.4, -0.2) is 0 Å². The number of hydrogen-bond donors (Lipinski definition) is 0. The Bertz CT molecular complexity index is 3430. The van der Waals surface area contributed by atoms with E-state index in [0.29, 0.717) is 0 Å². The highest BCUT2D eigenvalue weighted by molar-refractivity contribution is 5.93. The highest BCUT2D eigenvalue weighted by atomic mass is 15.1. The summed E-state index contributed by atoms with van der Waals surface area (Å²) in [6.07, 6.45) is 0. The summed E-state index contributed by atoms with van der Waals surface area (Å²) in [6.45, 7) is 27.6. The Labute approximate surface area is 430 Å². The lowest BCUT2D eigenvalue weighted by Gasteiger charge is -2.37. The highest BCUT2D eigenvalue weighted by Gasteiger charge is 2.48. The van der Waals surface area contributed by atoms with Crippen LogP contribution in [0.2, 0.25) is 0 Å². The van der Waals surface area contributed by atoms with Crippen molar-refractivity contribution in [1.82, 2.24) is 0 Å². The summed E-state index contributed by atoms with van der Waals surface area (Å²) in [6, 6.07) is 77.5. The molecule has 358 valence electrons. The monoisotopic (exact) mass is 936 g/mol. The van der Waals surface area contributed by atoms with Crippen molar-refractivity contribution in [1.29, 1.82) is 0 Å². The van der Waals surface area contributed by atoms with E-state index in [9.17, 15) is 0 Å². The second kappa shape index (κ2) is 17.0. The van der Waals surface area contributed by atoms with Crippen LogP contribution in [0.1, 0.15) is 140 Å². The third-order valence-corrected chi connectivity index (χ3v) is 16.2. The molecule has 0 aliphatic heterocycles. The maximum Gasteiger partial charge on any atom is 0.0714 e. The first-order chi connectivity index (χ1) is 34.3. The largest absolute Gasteiger partial charge is 0.310 e. The minimum Gasteiger partial charge on any atom is -0.310 e. The van der Waals surface area contributed by atoms with Crippen molar-refractivity contribution in [2.24, 2.45) is 0 Å². The van der Waals surface area contributed by atoms with Gasteiger partial charge < -0.3 is 4.90 Å². The van der Waals surface area contributed by atoms with E-state index >= 15 is 0 Å². The van der Waals surface area contributed by atoms with Crippen molar-refractivity contribution in [3.63, 3.8) is 0 Å². The zero-order chi connectivity index (χ0) is 50.5. The summed E-state index contributed by atoms with van der Waals surface area (Å²) in [4.78, 5) is 2.57. The molecule has 11 rings (SSSR count). The van der Waals surface area contributed by atoms with Crippen molar-refractivity contribution >= 4 is 17.1 Å². The molecule has 0 spiro atoms. The van der Waals surface area contributed by atoms with Crippen LogP contribution < -0.4 is 4.90 Å². The lowest BCUT2D eigenvalue weighted by atomic mass is 9.66. The first-order valence-electron chi connectivity index (χ1n) is 26.1. The second-order valence-corrected chi connectivity index (χ2v) is 24.0. The van der Waals surface area contributed by atoms with E-state index in [0.717, 1.165) is 11.4 Å². The summed E-state index contributed by atoms with van der Waals surface area (Å²) in [5, 5.41) is 0. The van der Waals surface area contributed by atoms with Crippen LogP contribution in [0.3, 0.4) is 0 Å². The molecule has 0 radical (unpaired) electrons. The molecule has 9 aromatic carbocycles. The Balaban J connectivity index is 1.20. The molecule has 72 heavy (non-hydrogen) atoms. The van der Waals surface area contributed by atoms with Gasteiger partial charge in [0.2, 0.25) is 0 Å². The molecule has 1 heteroatoms. The van der Waals surface area contributed by atoms with Crippen LogP contribution in [0, 0.1) is 20.8 Å². The molecule has 0 aromatic heterocycles. The summed E-state index contributed by atoms with van der Waals surface area (Å²) in [5.74, 6) is 0. The number of nitrogens with zero attached hydrogens (tertiary/aromatic N) is 1. The number of rotatable bonds is 7. The van der Waals surface area contributed by atoms with Crippen LogP contribution >= 0.6 is 0 Å². The molecule has 0 fully saturated rings. The van der Waals surface area contributed by atoms with E-state index in [-0.39, 0.29) is 16.2 Å². The molecule has 0 heterocycles. The van der Waals surface area contributed by atoms with Gasteiger partial charge >= 0.3 is 0 Å². The van der Waals surface area contributed by atoms with Gasteiger partial charge in [-0.15, -0.1) is 0 Å². The quantitative estimate of drug-likeness (QED) is 0.154. The molecule has 0 N–H and O–H groups in total. The predicted octanol–water partition coefficient (Wildman–Crippen LogP) is 18.7. The lowest BCUT2D eigenvalue weighted by Crippen LogP contribution is -2.29. The Morgan fingerprint density at radius 3 is 0.986 bits per heavy atom. The molecule has 1 nitrogen and oxygen atoms in total. The van der Waals surface area contributed by atoms with Crippen LogP contribution in [0.5, 0.6) is 0 Å². The van der Waals surface area contributed by atoms with Crippen LogP contribution in [0.25, 0.3) is 22.3 Å². The second-order valence-electron chi connectivity index (χ2n) is 24.0. The third-order valence-electron chi connectivity index (χ3n) is 16.2. The van der Waals surface area contributed by atoms with Gasteiger partial charge in [-0.05, 0) is 156 Å². The first-order valence-corrected chi connectivity index (χ1v) is 26.1. The number of aryl methyl sites for hydroxylation is 3. The van der Waals surface area contributed by atoms with Crippen LogP contribution in [-0.2, 0) is 27.1 Å². The Morgan fingerprint density at radius 2 is 0.625 bits per heavy atom. The molecule has 0 saturated carbocycles. The first kappa shape index (κ1) is 47.1. The molecule has 1 atom stereocenters. The number of benzene rings is 9. The molecule has 0 saturated heterocycles. The molecular formula is C71H69N. The van der Waals surface area contributed by atoms with Crippen molar-refractivity contribution in [3.8, 4) is 22.3 Å². The van der Waals surface area contributed by atoms with Gasteiger partial charge in [-0.3, -0.25) is 0 Å². The van der Waals surface area contributed by atoms with E-state index in [1.807, 2.05) is 0 Å². The molecule has 2 aliphatic carbocycles. The van der Waals surface area contributed by atoms with E-state index in [4.69, 9.17) is 0 Å². The fourth-order valence-electron chi connectivity index (χ4n) is 12.7. The fraction of sp³-hybridized carbons (Fsp3) is 0.239. The van der Waals surface area contributed by atoms with E-state index in [1.165, 1.54) is 106 Å². The average molecular weight is 936 g/mol. The number of fused-ring (bicyclic) bond motifs is 6. The summed E-state index contributed by atoms with van der Waals surface area (Å²) in [5.41, 5.74) is 25.6. The van der Waals surface area contributed by atoms with Crippen molar-refractivity contribution in [3.05, 3.63) is 278 Å². The minimum absolute atomic E-state index is 0.0220. The van der Waals surface area contributed by atoms with Crippen molar-refractivity contribution in [2.75, 3.05) is 4.90 Å². The predicted molar refractivity (Wildman–Crippen MR) is 306 cm³/mol. The average Bonchev–Trinajstić information content (AvgIpc) is 3.82. The summed E-state index contributed by atoms with van der Waals surface area (Å²) in [7, 11) is 0. The maximum absolute atomic E-state index is 2.57. The van der Waals surface area contributed by atoms with Gasteiger partial charge in [0.25, 0.3) is 0 Å². The van der Waals surface area contributed by atoms with Gasteiger partial charge in [-0.25, -0.2) is 0 Å². The van der Waals surface area contributed by atoms with E-state index in [1.54, 1.807) is 0 Å². The molecule has 2 aliphatic rings. The topological polar surface area (TPSA) is 3.24 Å². The standard InChI is InChI=1S/C71H69N/c1-46-42-47(2)66(48(3)43-46)72(56-38-40-60-58-22-16-18-24-62(58)70(64(60)44-56,52-20-14-13-15-21-52)53-32-26-49(27-33-53)67(4,5)6)57-39-41-61-59-23-17-19-25-63(59)71(65(61)45-57,54-34-28-50(29-35-54)68(7,8)9)55-36-30-51(31-37-55)69(10,11)12/h13-45H,1-12H3. The fourth-order valence-corrected chi connectivity index (χ4v) is 12.7. The molecule has 1 unspecified atom stereocenters. The summed E-state index contributed by atoms with van der Waals surface area (Å²) >= 11 is 0. The Kier molecular flexibility index (Phi) is 11.1. The zero-order valence-electron chi connectivity index (χ0n) is 44.5. The van der Waals surface area contributed by atoms with Gasteiger partial charge in [-0.2, -0.15) is 0 Å². The van der Waals surface area contributed by atoms with Gasteiger partial charge in [0.15, 0.2) is 0 Å². The van der Waals surface area contributed by atoms with Gasteiger partial charge in [0.05, 0.1) is 16.5 Å². The lowest BCUT2D eigenvalue weighted by molar-refractivity contribution is 0.588. The zero-order valence-corrected chi connectivity index (χ0v) is 44.5. The van der Waals surface area contributed by atoms with Gasteiger partial charge in [0, 0.05) is 11.4 Å². The highest BCUT2D eigenvalue weighted by Crippen LogP contribution is 2.60. The number of anilines is 3. The van der Waals surface area contributed by atoms with Gasteiger partial charge in [-0.1, -0.05) is 244 Å². The maximum atomic E-state index is 2.57. The molecular weight excluding hydrogens is 867 g/mol. The van der Waals surface area contributed by atoms with Crippen molar-refractivity contribution < 1.29 is 0 Å². The van der Waals surface area contributed by atoms with Crippen molar-refractivity contribution in [2.45, 2.75) is 110 Å². The SMILES string of the molecule is Cc1cc(C)c(N(c2ccc3c(c2)C(c2ccccc2)(c2ccc(C(C)(C)C)cc2)c2ccccc2-3)c2ccc3c(c2)C(c2ccc(C(C)(C)C)cc2)(c2ccc(C(C)(C)C)cc2)c2ccccc2-3)c(C)c1. The molecule has 0 bridgehead atoms. The number of hydrogen-bond acceptors (Lipinski definition) is 1. The van der Waals surface area contributed by atoms with E-state index in [2.05, 4.69) is 288 Å². The van der Waals surface area contributed by atoms with Crippen LogP contribution in [0.4, 0.5) is 17.1 Å². The summed E-state index contributed by atoms with van der Waals surface area (Å²) < 4.78 is 0.